The fraction of sp³-hybridized carbons (Fsp3) is 0.345. The SMILES string of the molecule is CCN(C(=O)C1(c2cccc(OC)c2)CCCN(c2ccccc2OC)CC1)c1ccccc1. The molecule has 4 rings (SSSR count). The van der Waals surface area contributed by atoms with Gasteiger partial charge in [0, 0.05) is 25.3 Å². The molecule has 1 amide bonds. The Morgan fingerprint density at radius 1 is 0.912 bits per heavy atom. The summed E-state index contributed by atoms with van der Waals surface area (Å²) < 4.78 is 11.2. The number of anilines is 2. The predicted molar refractivity (Wildman–Crippen MR) is 138 cm³/mol. The molecule has 1 aliphatic rings. The summed E-state index contributed by atoms with van der Waals surface area (Å²) in [6.45, 7) is 4.29. The summed E-state index contributed by atoms with van der Waals surface area (Å²) in [5, 5.41) is 0. The molecule has 178 valence electrons. The van der Waals surface area contributed by atoms with Crippen LogP contribution >= 0.6 is 0 Å². The average molecular weight is 459 g/mol. The predicted octanol–water partition coefficient (Wildman–Crippen LogP) is 5.69. The molecule has 1 atom stereocenters. The molecular formula is C29H34N2O3. The summed E-state index contributed by atoms with van der Waals surface area (Å²) in [6.07, 6.45) is 2.38. The van der Waals surface area contributed by atoms with Crippen molar-refractivity contribution in [3.05, 3.63) is 84.4 Å². The van der Waals surface area contributed by atoms with E-state index in [0.717, 1.165) is 54.4 Å². The maximum absolute atomic E-state index is 14.4. The van der Waals surface area contributed by atoms with Crippen LogP contribution in [0.15, 0.2) is 78.9 Å². The molecule has 1 fully saturated rings. The number of carbonyl (C=O) groups is 1. The number of rotatable bonds is 7. The van der Waals surface area contributed by atoms with Gasteiger partial charge in [-0.1, -0.05) is 42.5 Å². The third-order valence-electron chi connectivity index (χ3n) is 6.93. The molecule has 5 heteroatoms. The highest BCUT2D eigenvalue weighted by Gasteiger charge is 2.44. The van der Waals surface area contributed by atoms with Crippen LogP contribution in [-0.4, -0.2) is 39.8 Å². The molecule has 3 aromatic rings. The third-order valence-corrected chi connectivity index (χ3v) is 6.93. The highest BCUT2D eigenvalue weighted by molar-refractivity contribution is 6.01. The van der Waals surface area contributed by atoms with Crippen LogP contribution in [0.25, 0.3) is 0 Å². The van der Waals surface area contributed by atoms with Gasteiger partial charge in [0.25, 0.3) is 0 Å². The number of benzene rings is 3. The van der Waals surface area contributed by atoms with E-state index in [4.69, 9.17) is 9.47 Å². The van der Waals surface area contributed by atoms with Crippen molar-refractivity contribution < 1.29 is 14.3 Å². The number of hydrogen-bond donors (Lipinski definition) is 0. The molecule has 1 saturated heterocycles. The average Bonchev–Trinajstić information content (AvgIpc) is 3.13. The van der Waals surface area contributed by atoms with Gasteiger partial charge in [-0.15, -0.1) is 0 Å². The van der Waals surface area contributed by atoms with E-state index in [1.165, 1.54) is 0 Å². The third kappa shape index (κ3) is 4.60. The Morgan fingerprint density at radius 3 is 2.41 bits per heavy atom. The van der Waals surface area contributed by atoms with Gasteiger partial charge in [-0.05, 0) is 68.1 Å². The van der Waals surface area contributed by atoms with Gasteiger partial charge in [0.15, 0.2) is 0 Å². The van der Waals surface area contributed by atoms with Crippen molar-refractivity contribution in [1.82, 2.24) is 0 Å². The molecule has 0 N–H and O–H groups in total. The van der Waals surface area contributed by atoms with E-state index in [1.54, 1.807) is 14.2 Å². The van der Waals surface area contributed by atoms with Gasteiger partial charge in [-0.2, -0.15) is 0 Å². The first-order chi connectivity index (χ1) is 16.6. The lowest BCUT2D eigenvalue weighted by atomic mass is 9.73. The fourth-order valence-electron chi connectivity index (χ4n) is 5.12. The summed E-state index contributed by atoms with van der Waals surface area (Å²) in [6, 6.07) is 26.1. The van der Waals surface area contributed by atoms with Crippen LogP contribution < -0.4 is 19.3 Å². The van der Waals surface area contributed by atoms with E-state index >= 15 is 0 Å². The van der Waals surface area contributed by atoms with Crippen molar-refractivity contribution in [1.29, 1.82) is 0 Å². The number of para-hydroxylation sites is 3. The molecular weight excluding hydrogens is 424 g/mol. The first-order valence-corrected chi connectivity index (χ1v) is 12.0. The van der Waals surface area contributed by atoms with Gasteiger partial charge in [0.2, 0.25) is 5.91 Å². The first kappa shape index (κ1) is 23.7. The molecule has 0 spiro atoms. The standard InChI is InChI=1S/C29H34N2O3/c1-4-31(24-13-6-5-7-14-24)28(32)29(23-12-10-15-25(22-23)33-2)18-11-20-30(21-19-29)26-16-8-9-17-27(26)34-3/h5-10,12-17,22H,4,11,18-21H2,1-3H3. The molecule has 1 unspecified atom stereocenters. The molecule has 5 nitrogen and oxygen atoms in total. The van der Waals surface area contributed by atoms with E-state index in [9.17, 15) is 4.79 Å². The quantitative estimate of drug-likeness (QED) is 0.456. The Labute approximate surface area is 202 Å². The highest BCUT2D eigenvalue weighted by atomic mass is 16.5. The molecule has 0 bridgehead atoms. The second-order valence-corrected chi connectivity index (χ2v) is 8.71. The van der Waals surface area contributed by atoms with E-state index in [-0.39, 0.29) is 5.91 Å². The van der Waals surface area contributed by atoms with Gasteiger partial charge in [-0.3, -0.25) is 4.79 Å². The normalized spacial score (nSPS) is 18.1. The second kappa shape index (κ2) is 10.6. The molecule has 0 aromatic heterocycles. The molecule has 1 heterocycles. The monoisotopic (exact) mass is 458 g/mol. The minimum atomic E-state index is -0.642. The van der Waals surface area contributed by atoms with Gasteiger partial charge in [-0.25, -0.2) is 0 Å². The van der Waals surface area contributed by atoms with E-state index < -0.39 is 5.41 Å². The largest absolute Gasteiger partial charge is 0.497 e. The number of nitrogens with zero attached hydrogens (tertiary/aromatic N) is 2. The summed E-state index contributed by atoms with van der Waals surface area (Å²) in [5.74, 6) is 1.79. The van der Waals surface area contributed by atoms with Crippen LogP contribution in [-0.2, 0) is 10.2 Å². The zero-order chi connectivity index (χ0) is 24.0. The second-order valence-electron chi connectivity index (χ2n) is 8.71. The summed E-state index contributed by atoms with van der Waals surface area (Å²) in [5.41, 5.74) is 2.39. The Kier molecular flexibility index (Phi) is 7.41. The molecule has 0 saturated carbocycles. The molecule has 1 aliphatic heterocycles. The van der Waals surface area contributed by atoms with Crippen LogP contribution in [0.5, 0.6) is 11.5 Å². The number of carbonyl (C=O) groups excluding carboxylic acids is 1. The molecule has 0 radical (unpaired) electrons. The maximum atomic E-state index is 14.4. The Hall–Kier alpha value is -3.47. The number of ether oxygens (including phenoxy) is 2. The van der Waals surface area contributed by atoms with Crippen LogP contribution in [0.3, 0.4) is 0 Å². The lowest BCUT2D eigenvalue weighted by molar-refractivity contribution is -0.124. The maximum Gasteiger partial charge on any atom is 0.237 e. The molecule has 0 aliphatic carbocycles. The van der Waals surface area contributed by atoms with Crippen molar-refractivity contribution in [3.8, 4) is 11.5 Å². The van der Waals surface area contributed by atoms with E-state index in [2.05, 4.69) is 17.0 Å². The van der Waals surface area contributed by atoms with Gasteiger partial charge in [0.05, 0.1) is 25.3 Å². The Balaban J connectivity index is 1.75. The van der Waals surface area contributed by atoms with Crippen molar-refractivity contribution in [3.63, 3.8) is 0 Å². The number of amides is 1. The lowest BCUT2D eigenvalue weighted by Crippen LogP contribution is -2.48. The van der Waals surface area contributed by atoms with Crippen LogP contribution in [0.4, 0.5) is 11.4 Å². The number of hydrogen-bond acceptors (Lipinski definition) is 4. The van der Waals surface area contributed by atoms with Crippen molar-refractivity contribution in [2.45, 2.75) is 31.6 Å². The summed E-state index contributed by atoms with van der Waals surface area (Å²) in [7, 11) is 3.38. The smallest absolute Gasteiger partial charge is 0.237 e. The van der Waals surface area contributed by atoms with E-state index in [1.807, 2.05) is 78.6 Å². The Bertz CT molecular complexity index is 1100. The van der Waals surface area contributed by atoms with Crippen LogP contribution in [0, 0.1) is 0 Å². The topological polar surface area (TPSA) is 42.0 Å². The van der Waals surface area contributed by atoms with E-state index in [0.29, 0.717) is 13.0 Å². The highest BCUT2D eigenvalue weighted by Crippen LogP contribution is 2.41. The Morgan fingerprint density at radius 2 is 1.68 bits per heavy atom. The molecule has 3 aromatic carbocycles. The van der Waals surface area contributed by atoms with Crippen molar-refractivity contribution in [2.24, 2.45) is 0 Å². The summed E-state index contributed by atoms with van der Waals surface area (Å²) >= 11 is 0. The number of likely N-dealkylation sites (N-methyl/N-ethyl adjacent to an activating group) is 1. The fourth-order valence-corrected chi connectivity index (χ4v) is 5.12. The van der Waals surface area contributed by atoms with Crippen LogP contribution in [0.1, 0.15) is 31.7 Å². The first-order valence-electron chi connectivity index (χ1n) is 12.0. The number of methoxy groups -OCH3 is 2. The van der Waals surface area contributed by atoms with Gasteiger partial charge in [0.1, 0.15) is 11.5 Å². The molecule has 34 heavy (non-hydrogen) atoms. The lowest BCUT2D eigenvalue weighted by Gasteiger charge is -2.37. The minimum absolute atomic E-state index is 0.149. The zero-order valence-electron chi connectivity index (χ0n) is 20.4. The van der Waals surface area contributed by atoms with Gasteiger partial charge < -0.3 is 19.3 Å². The van der Waals surface area contributed by atoms with Crippen molar-refractivity contribution >= 4 is 17.3 Å². The van der Waals surface area contributed by atoms with Crippen LogP contribution in [0.2, 0.25) is 0 Å². The zero-order valence-corrected chi connectivity index (χ0v) is 20.4. The summed E-state index contributed by atoms with van der Waals surface area (Å²) in [4.78, 5) is 18.7. The minimum Gasteiger partial charge on any atom is -0.497 e. The van der Waals surface area contributed by atoms with Crippen molar-refractivity contribution in [2.75, 3.05) is 43.7 Å². The van der Waals surface area contributed by atoms with Gasteiger partial charge >= 0.3 is 0 Å².